The first-order valence-electron chi connectivity index (χ1n) is 6.30. The maximum atomic E-state index is 12.0. The topological polar surface area (TPSA) is 61.6 Å². The lowest BCUT2D eigenvalue weighted by molar-refractivity contribution is -0.117. The van der Waals surface area contributed by atoms with Gasteiger partial charge in [-0.3, -0.25) is 9.69 Å². The van der Waals surface area contributed by atoms with Gasteiger partial charge in [0.1, 0.15) is 0 Å². The summed E-state index contributed by atoms with van der Waals surface area (Å²) in [7, 11) is 2.10. The van der Waals surface area contributed by atoms with E-state index in [2.05, 4.69) is 38.1 Å². The molecule has 2 rings (SSSR count). The number of nitrogens with two attached hydrogens (primary N) is 1. The number of nitrogen functional groups attached to an aromatic ring is 1. The summed E-state index contributed by atoms with van der Waals surface area (Å²) in [5, 5.41) is 2.90. The molecule has 1 heterocycles. The number of hydrogen-bond acceptors (Lipinski definition) is 4. The van der Waals surface area contributed by atoms with Crippen molar-refractivity contribution in [3.05, 3.63) is 22.7 Å². The van der Waals surface area contributed by atoms with Gasteiger partial charge in [0, 0.05) is 36.3 Å². The molecule has 3 N–H and O–H groups in total. The lowest BCUT2D eigenvalue weighted by Crippen LogP contribution is -2.47. The van der Waals surface area contributed by atoms with Gasteiger partial charge in [-0.15, -0.1) is 0 Å². The number of nitrogens with zero attached hydrogens (tertiary/aromatic N) is 2. The second kappa shape index (κ2) is 6.36. The Morgan fingerprint density at radius 3 is 2.68 bits per heavy atom. The van der Waals surface area contributed by atoms with Crippen LogP contribution in [0.1, 0.15) is 0 Å². The molecular weight excluding hydrogens is 308 g/mol. The number of carbonyl (C=O) groups excluding carboxylic acids is 1. The third-order valence-corrected chi connectivity index (χ3v) is 3.89. The van der Waals surface area contributed by atoms with Crippen LogP contribution >= 0.6 is 15.9 Å². The molecule has 0 aliphatic carbocycles. The largest absolute Gasteiger partial charge is 0.399 e. The summed E-state index contributed by atoms with van der Waals surface area (Å²) in [5.74, 6) is 0.00928. The molecule has 5 nitrogen and oxygen atoms in total. The molecule has 0 unspecified atom stereocenters. The van der Waals surface area contributed by atoms with E-state index in [0.717, 1.165) is 36.3 Å². The van der Waals surface area contributed by atoms with Crippen LogP contribution in [0.5, 0.6) is 0 Å². The highest BCUT2D eigenvalue weighted by molar-refractivity contribution is 9.10. The van der Waals surface area contributed by atoms with Gasteiger partial charge >= 0.3 is 0 Å². The molecule has 1 aliphatic rings. The third-order valence-electron chi connectivity index (χ3n) is 3.23. The summed E-state index contributed by atoms with van der Waals surface area (Å²) in [6.45, 7) is 4.34. The van der Waals surface area contributed by atoms with Crippen molar-refractivity contribution in [3.8, 4) is 0 Å². The Balaban J connectivity index is 1.87. The highest BCUT2D eigenvalue weighted by atomic mass is 79.9. The zero-order valence-electron chi connectivity index (χ0n) is 11.0. The van der Waals surface area contributed by atoms with Gasteiger partial charge in [0.25, 0.3) is 0 Å². The first-order valence-corrected chi connectivity index (χ1v) is 7.09. The monoisotopic (exact) mass is 326 g/mol. The Labute approximate surface area is 121 Å². The van der Waals surface area contributed by atoms with Crippen LogP contribution in [0.4, 0.5) is 11.4 Å². The van der Waals surface area contributed by atoms with Crippen molar-refractivity contribution in [1.82, 2.24) is 9.80 Å². The van der Waals surface area contributed by atoms with Crippen molar-refractivity contribution in [3.63, 3.8) is 0 Å². The van der Waals surface area contributed by atoms with Crippen LogP contribution in [0, 0.1) is 0 Å². The highest BCUT2D eigenvalue weighted by Crippen LogP contribution is 2.24. The van der Waals surface area contributed by atoms with E-state index in [1.165, 1.54) is 0 Å². The fourth-order valence-corrected chi connectivity index (χ4v) is 2.53. The van der Waals surface area contributed by atoms with Crippen LogP contribution < -0.4 is 11.1 Å². The number of piperazine rings is 1. The summed E-state index contributed by atoms with van der Waals surface area (Å²) in [5.41, 5.74) is 7.09. The van der Waals surface area contributed by atoms with Crippen LogP contribution in [0.3, 0.4) is 0 Å². The van der Waals surface area contributed by atoms with Gasteiger partial charge in [0.2, 0.25) is 5.91 Å². The molecular formula is C13H19BrN4O. The van der Waals surface area contributed by atoms with E-state index >= 15 is 0 Å². The summed E-state index contributed by atoms with van der Waals surface area (Å²) in [4.78, 5) is 16.4. The van der Waals surface area contributed by atoms with E-state index in [-0.39, 0.29) is 5.91 Å². The molecule has 0 aromatic heterocycles. The number of likely N-dealkylation sites (N-methyl/N-ethyl adjacent to an activating group) is 1. The lowest BCUT2D eigenvalue weighted by Gasteiger charge is -2.31. The number of rotatable bonds is 3. The van der Waals surface area contributed by atoms with E-state index < -0.39 is 0 Å². The Hall–Kier alpha value is -1.11. The summed E-state index contributed by atoms with van der Waals surface area (Å²) in [6, 6.07) is 5.36. The number of amides is 1. The van der Waals surface area contributed by atoms with Crippen molar-refractivity contribution in [1.29, 1.82) is 0 Å². The van der Waals surface area contributed by atoms with Crippen LogP contribution in [0.2, 0.25) is 0 Å². The normalized spacial score (nSPS) is 17.4. The Morgan fingerprint density at radius 1 is 1.37 bits per heavy atom. The highest BCUT2D eigenvalue weighted by Gasteiger charge is 2.16. The quantitative estimate of drug-likeness (QED) is 0.820. The van der Waals surface area contributed by atoms with E-state index in [0.29, 0.717) is 12.2 Å². The molecule has 0 bridgehead atoms. The molecule has 19 heavy (non-hydrogen) atoms. The zero-order valence-corrected chi connectivity index (χ0v) is 12.6. The van der Waals surface area contributed by atoms with E-state index in [4.69, 9.17) is 5.73 Å². The number of anilines is 2. The molecule has 1 saturated heterocycles. The molecule has 1 aliphatic heterocycles. The number of benzene rings is 1. The molecule has 0 radical (unpaired) electrons. The molecule has 1 aromatic carbocycles. The number of hydrogen-bond donors (Lipinski definition) is 2. The van der Waals surface area contributed by atoms with Gasteiger partial charge in [0.15, 0.2) is 0 Å². The predicted molar refractivity (Wildman–Crippen MR) is 81.1 cm³/mol. The summed E-state index contributed by atoms with van der Waals surface area (Å²) < 4.78 is 0.805. The van der Waals surface area contributed by atoms with Crippen LogP contribution in [-0.4, -0.2) is 55.5 Å². The van der Waals surface area contributed by atoms with E-state index in [9.17, 15) is 4.79 Å². The number of halogens is 1. The Morgan fingerprint density at radius 2 is 2.05 bits per heavy atom. The van der Waals surface area contributed by atoms with Crippen molar-refractivity contribution < 1.29 is 4.79 Å². The Bertz CT molecular complexity index is 458. The van der Waals surface area contributed by atoms with Crippen molar-refractivity contribution >= 4 is 33.2 Å². The van der Waals surface area contributed by atoms with Crippen LogP contribution in [0.25, 0.3) is 0 Å². The maximum absolute atomic E-state index is 12.0. The molecule has 0 atom stereocenters. The van der Waals surface area contributed by atoms with Crippen molar-refractivity contribution in [2.45, 2.75) is 0 Å². The van der Waals surface area contributed by atoms with E-state index in [1.807, 2.05) is 0 Å². The van der Waals surface area contributed by atoms with Gasteiger partial charge in [-0.05, 0) is 41.2 Å². The van der Waals surface area contributed by atoms with Crippen LogP contribution in [-0.2, 0) is 4.79 Å². The fourth-order valence-electron chi connectivity index (χ4n) is 2.03. The number of carbonyl (C=O) groups is 1. The molecule has 104 valence electrons. The van der Waals surface area contributed by atoms with Gasteiger partial charge in [-0.25, -0.2) is 0 Å². The van der Waals surface area contributed by atoms with Crippen molar-refractivity contribution in [2.75, 3.05) is 50.8 Å². The minimum atomic E-state index is 0.00928. The van der Waals surface area contributed by atoms with Gasteiger partial charge in [-0.2, -0.15) is 0 Å². The molecule has 1 aromatic rings. The average Bonchev–Trinajstić information content (AvgIpc) is 2.36. The number of nitrogens with one attached hydrogen (secondary N) is 1. The molecule has 0 spiro atoms. The third kappa shape index (κ3) is 4.19. The molecule has 0 saturated carbocycles. The minimum absolute atomic E-state index is 0.00928. The molecule has 6 heteroatoms. The van der Waals surface area contributed by atoms with Crippen LogP contribution in [0.15, 0.2) is 22.7 Å². The SMILES string of the molecule is CN1CCN(CC(=O)Nc2ccc(N)cc2Br)CC1. The minimum Gasteiger partial charge on any atom is -0.399 e. The molecule has 1 amide bonds. The first kappa shape index (κ1) is 14.3. The van der Waals surface area contributed by atoms with Gasteiger partial charge < -0.3 is 16.0 Å². The predicted octanol–water partition coefficient (Wildman–Crippen LogP) is 1.22. The lowest BCUT2D eigenvalue weighted by atomic mass is 10.3. The molecule has 1 fully saturated rings. The van der Waals surface area contributed by atoms with Gasteiger partial charge in [0.05, 0.1) is 12.2 Å². The maximum Gasteiger partial charge on any atom is 0.238 e. The summed E-state index contributed by atoms with van der Waals surface area (Å²) in [6.07, 6.45) is 0. The van der Waals surface area contributed by atoms with Crippen molar-refractivity contribution in [2.24, 2.45) is 0 Å². The summed E-state index contributed by atoms with van der Waals surface area (Å²) >= 11 is 3.39. The smallest absolute Gasteiger partial charge is 0.238 e. The van der Waals surface area contributed by atoms with E-state index in [1.54, 1.807) is 18.2 Å². The second-order valence-electron chi connectivity index (χ2n) is 4.87. The fraction of sp³-hybridized carbons (Fsp3) is 0.462. The first-order chi connectivity index (χ1) is 9.04. The van der Waals surface area contributed by atoms with Gasteiger partial charge in [-0.1, -0.05) is 0 Å². The second-order valence-corrected chi connectivity index (χ2v) is 5.72. The average molecular weight is 327 g/mol. The standard InChI is InChI=1S/C13H19BrN4O/c1-17-4-6-18(7-5-17)9-13(19)16-12-3-2-10(15)8-11(12)14/h2-3,8H,4-7,9,15H2,1H3,(H,16,19). The zero-order chi connectivity index (χ0) is 13.8. The Kier molecular flexibility index (Phi) is 4.79.